The summed E-state index contributed by atoms with van der Waals surface area (Å²) in [5.74, 6) is -0.625. The summed E-state index contributed by atoms with van der Waals surface area (Å²) >= 11 is 0. The van der Waals surface area contributed by atoms with Gasteiger partial charge in [-0.05, 0) is 12.8 Å². The second kappa shape index (κ2) is 6.56. The third-order valence-electron chi connectivity index (χ3n) is 3.01. The lowest BCUT2D eigenvalue weighted by molar-refractivity contribution is -0.151. The maximum absolute atomic E-state index is 11.6. The molecule has 0 aliphatic carbocycles. The molecule has 0 spiro atoms. The Bertz CT molecular complexity index is 257. The zero-order valence-corrected chi connectivity index (χ0v) is 10.5. The molecule has 1 saturated heterocycles. The van der Waals surface area contributed by atoms with Gasteiger partial charge in [0.25, 0.3) is 0 Å². The van der Waals surface area contributed by atoms with Crippen molar-refractivity contribution in [2.45, 2.75) is 24.9 Å². The Morgan fingerprint density at radius 1 is 1.06 bits per heavy atom. The molecule has 6 heteroatoms. The fourth-order valence-corrected chi connectivity index (χ4v) is 2.15. The fraction of sp³-hybridized carbons (Fsp3) is 0.818. The van der Waals surface area contributed by atoms with Crippen molar-refractivity contribution >= 4 is 11.9 Å². The average molecular weight is 245 g/mol. The van der Waals surface area contributed by atoms with Crippen LogP contribution in [0.5, 0.6) is 0 Å². The molecule has 0 aromatic rings. The van der Waals surface area contributed by atoms with E-state index in [2.05, 4.69) is 0 Å². The largest absolute Gasteiger partial charge is 0.468 e. The number of hydrogen-bond donors (Lipinski definition) is 0. The van der Waals surface area contributed by atoms with E-state index in [-0.39, 0.29) is 24.0 Å². The molecule has 1 fully saturated rings. The van der Waals surface area contributed by atoms with Gasteiger partial charge in [-0.15, -0.1) is 0 Å². The number of carbonyl (C=O) groups excluding carboxylic acids is 2. The Labute approximate surface area is 101 Å². The maximum atomic E-state index is 11.6. The maximum Gasteiger partial charge on any atom is 0.323 e. The summed E-state index contributed by atoms with van der Waals surface area (Å²) in [7, 11) is 4.28. The van der Waals surface area contributed by atoms with Crippen molar-refractivity contribution in [3.8, 4) is 0 Å². The lowest BCUT2D eigenvalue weighted by atomic mass is 10.2. The second-order valence-corrected chi connectivity index (χ2v) is 3.89. The minimum absolute atomic E-state index is 0.312. The predicted molar refractivity (Wildman–Crippen MR) is 59.4 cm³/mol. The van der Waals surface area contributed by atoms with Gasteiger partial charge in [0.2, 0.25) is 0 Å². The SMILES string of the molecule is COCCN1C(C(=O)OC)CCC1C(=O)OC. The molecule has 0 radical (unpaired) electrons. The van der Waals surface area contributed by atoms with Crippen LogP contribution in [0.1, 0.15) is 12.8 Å². The first kappa shape index (κ1) is 13.9. The number of nitrogens with zero attached hydrogens (tertiary/aromatic N) is 1. The number of esters is 2. The lowest BCUT2D eigenvalue weighted by Crippen LogP contribution is -2.46. The highest BCUT2D eigenvalue weighted by Gasteiger charge is 2.42. The third kappa shape index (κ3) is 3.17. The molecule has 0 N–H and O–H groups in total. The normalized spacial score (nSPS) is 24.6. The molecule has 0 aromatic carbocycles. The molecule has 0 saturated carbocycles. The molecule has 1 aliphatic rings. The number of methoxy groups -OCH3 is 3. The Hall–Kier alpha value is -1.14. The standard InChI is InChI=1S/C11H19NO5/c1-15-7-6-12-8(10(13)16-2)4-5-9(12)11(14)17-3/h8-9H,4-7H2,1-3H3. The van der Waals surface area contributed by atoms with Gasteiger partial charge in [0, 0.05) is 13.7 Å². The fourth-order valence-electron chi connectivity index (χ4n) is 2.15. The zero-order valence-electron chi connectivity index (χ0n) is 10.5. The molecule has 98 valence electrons. The smallest absolute Gasteiger partial charge is 0.323 e. The van der Waals surface area contributed by atoms with Crippen molar-refractivity contribution in [2.75, 3.05) is 34.5 Å². The van der Waals surface area contributed by atoms with Gasteiger partial charge in [0.05, 0.1) is 20.8 Å². The molecule has 1 aliphatic heterocycles. The van der Waals surface area contributed by atoms with Crippen molar-refractivity contribution in [3.05, 3.63) is 0 Å². The van der Waals surface area contributed by atoms with Crippen molar-refractivity contribution in [3.63, 3.8) is 0 Å². The monoisotopic (exact) mass is 245 g/mol. The summed E-state index contributed by atoms with van der Waals surface area (Å²) in [6, 6.07) is -0.751. The van der Waals surface area contributed by atoms with Crippen LogP contribution in [0, 0.1) is 0 Å². The molecule has 0 bridgehead atoms. The van der Waals surface area contributed by atoms with E-state index in [1.807, 2.05) is 0 Å². The molecule has 1 heterocycles. The summed E-state index contributed by atoms with van der Waals surface area (Å²) < 4.78 is 14.4. The molecule has 0 aromatic heterocycles. The highest BCUT2D eigenvalue weighted by molar-refractivity contribution is 5.81. The van der Waals surface area contributed by atoms with Crippen LogP contribution in [-0.2, 0) is 23.8 Å². The zero-order chi connectivity index (χ0) is 12.8. The topological polar surface area (TPSA) is 65.1 Å². The van der Waals surface area contributed by atoms with E-state index < -0.39 is 0 Å². The Morgan fingerprint density at radius 3 is 1.88 bits per heavy atom. The highest BCUT2D eigenvalue weighted by atomic mass is 16.5. The van der Waals surface area contributed by atoms with Crippen molar-refractivity contribution in [2.24, 2.45) is 0 Å². The van der Waals surface area contributed by atoms with E-state index in [0.717, 1.165) is 0 Å². The molecule has 1 rings (SSSR count). The van der Waals surface area contributed by atoms with Gasteiger partial charge < -0.3 is 14.2 Å². The van der Waals surface area contributed by atoms with Crippen LogP contribution in [0.2, 0.25) is 0 Å². The van der Waals surface area contributed by atoms with Gasteiger partial charge in [0.15, 0.2) is 0 Å². The van der Waals surface area contributed by atoms with Crippen LogP contribution in [0.25, 0.3) is 0 Å². The molecular formula is C11H19NO5. The third-order valence-corrected chi connectivity index (χ3v) is 3.01. The minimum atomic E-state index is -0.376. The van der Waals surface area contributed by atoms with Crippen molar-refractivity contribution < 1.29 is 23.8 Å². The Morgan fingerprint density at radius 2 is 1.53 bits per heavy atom. The van der Waals surface area contributed by atoms with E-state index in [9.17, 15) is 9.59 Å². The van der Waals surface area contributed by atoms with Crippen LogP contribution in [-0.4, -0.2) is 63.4 Å². The van der Waals surface area contributed by atoms with Gasteiger partial charge in [-0.25, -0.2) is 0 Å². The summed E-state index contributed by atoms with van der Waals surface area (Å²) in [6.07, 6.45) is 1.21. The second-order valence-electron chi connectivity index (χ2n) is 3.89. The van der Waals surface area contributed by atoms with Crippen LogP contribution >= 0.6 is 0 Å². The first-order valence-corrected chi connectivity index (χ1v) is 5.56. The van der Waals surface area contributed by atoms with Crippen LogP contribution < -0.4 is 0 Å². The molecule has 17 heavy (non-hydrogen) atoms. The van der Waals surface area contributed by atoms with Gasteiger partial charge in [-0.1, -0.05) is 0 Å². The molecule has 2 unspecified atom stereocenters. The van der Waals surface area contributed by atoms with E-state index >= 15 is 0 Å². The van der Waals surface area contributed by atoms with E-state index in [1.54, 1.807) is 12.0 Å². The van der Waals surface area contributed by atoms with Crippen molar-refractivity contribution in [1.82, 2.24) is 4.90 Å². The average Bonchev–Trinajstić information content (AvgIpc) is 2.77. The lowest BCUT2D eigenvalue weighted by Gasteiger charge is -2.26. The first-order chi connectivity index (χ1) is 8.15. The van der Waals surface area contributed by atoms with E-state index in [0.29, 0.717) is 26.0 Å². The first-order valence-electron chi connectivity index (χ1n) is 5.56. The number of ether oxygens (including phenoxy) is 3. The van der Waals surface area contributed by atoms with E-state index in [4.69, 9.17) is 14.2 Å². The van der Waals surface area contributed by atoms with Gasteiger partial charge in [-0.2, -0.15) is 0 Å². The van der Waals surface area contributed by atoms with Crippen molar-refractivity contribution in [1.29, 1.82) is 0 Å². The molecule has 0 amide bonds. The molecule has 2 atom stereocenters. The summed E-state index contributed by atoms with van der Waals surface area (Å²) in [4.78, 5) is 25.0. The summed E-state index contributed by atoms with van der Waals surface area (Å²) in [6.45, 7) is 0.969. The Kier molecular flexibility index (Phi) is 5.37. The number of hydrogen-bond acceptors (Lipinski definition) is 6. The van der Waals surface area contributed by atoms with Gasteiger partial charge in [-0.3, -0.25) is 14.5 Å². The predicted octanol–water partition coefficient (Wildman–Crippen LogP) is -0.188. The molecular weight excluding hydrogens is 226 g/mol. The molecule has 6 nitrogen and oxygen atoms in total. The summed E-state index contributed by atoms with van der Waals surface area (Å²) in [5.41, 5.74) is 0. The van der Waals surface area contributed by atoms with Crippen LogP contribution in [0.3, 0.4) is 0 Å². The van der Waals surface area contributed by atoms with Gasteiger partial charge in [0.1, 0.15) is 12.1 Å². The highest BCUT2D eigenvalue weighted by Crippen LogP contribution is 2.25. The number of likely N-dealkylation sites (tertiary alicyclic amines) is 1. The van der Waals surface area contributed by atoms with Crippen LogP contribution in [0.4, 0.5) is 0 Å². The number of rotatable bonds is 5. The van der Waals surface area contributed by atoms with E-state index in [1.165, 1.54) is 14.2 Å². The number of carbonyl (C=O) groups is 2. The van der Waals surface area contributed by atoms with Gasteiger partial charge >= 0.3 is 11.9 Å². The quantitative estimate of drug-likeness (QED) is 0.626. The Balaban J connectivity index is 2.73. The minimum Gasteiger partial charge on any atom is -0.468 e. The van der Waals surface area contributed by atoms with Crippen LogP contribution in [0.15, 0.2) is 0 Å². The summed E-state index contributed by atoms with van der Waals surface area (Å²) in [5, 5.41) is 0.